The highest BCUT2D eigenvalue weighted by Gasteiger charge is 2.48. The summed E-state index contributed by atoms with van der Waals surface area (Å²) in [5.41, 5.74) is 0. The Hall–Kier alpha value is -2.68. The molecule has 12 atom stereocenters. The number of nitrogens with zero attached hydrogens (tertiary/aromatic N) is 1. The summed E-state index contributed by atoms with van der Waals surface area (Å²) in [7, 11) is 4.76. The number of methoxy groups -OCH3 is 1. The lowest BCUT2D eigenvalue weighted by molar-refractivity contribution is -0.310. The van der Waals surface area contributed by atoms with Crippen LogP contribution < -0.4 is 0 Å². The highest BCUT2D eigenvalue weighted by molar-refractivity contribution is 5.72. The first kappa shape index (κ1) is 38.5. The van der Waals surface area contributed by atoms with Crippen molar-refractivity contribution < 1.29 is 57.8 Å². The minimum atomic E-state index is -1.33. The highest BCUT2D eigenvalue weighted by Crippen LogP contribution is 2.34. The molecule has 0 saturated carbocycles. The van der Waals surface area contributed by atoms with Gasteiger partial charge in [-0.3, -0.25) is 14.4 Å². The second-order valence-corrected chi connectivity index (χ2v) is 12.1. The van der Waals surface area contributed by atoms with Crippen LogP contribution in [0.5, 0.6) is 0 Å². The SMILES string of the molecule is CO[C@@H]1[C@@H](O[C@@H]2O[C@H](C)[C@@H](O)[C@H](N(C)C)[C@H]2O)[C@@H](CC=O)C[C@@H](C)[C@@H](OC(C)=O)/C=C/C=C/C[C@@H](C)OC(=O)C[C@H]1OC(C)=O. The maximum Gasteiger partial charge on any atom is 0.309 e. The van der Waals surface area contributed by atoms with E-state index in [1.807, 2.05) is 13.0 Å². The van der Waals surface area contributed by atoms with Crippen LogP contribution in [0.4, 0.5) is 0 Å². The van der Waals surface area contributed by atoms with Gasteiger partial charge in [0, 0.05) is 33.8 Å². The average molecular weight is 642 g/mol. The van der Waals surface area contributed by atoms with Crippen LogP contribution in [0.1, 0.15) is 60.3 Å². The van der Waals surface area contributed by atoms with Crippen molar-refractivity contribution in [2.45, 2.75) is 121 Å². The summed E-state index contributed by atoms with van der Waals surface area (Å²) in [6.45, 7) is 7.73. The summed E-state index contributed by atoms with van der Waals surface area (Å²) in [6, 6.07) is -0.762. The second kappa shape index (κ2) is 18.5. The molecular weight excluding hydrogens is 590 g/mol. The van der Waals surface area contributed by atoms with Crippen molar-refractivity contribution in [3.63, 3.8) is 0 Å². The Balaban J connectivity index is 2.67. The van der Waals surface area contributed by atoms with Gasteiger partial charge in [0.2, 0.25) is 0 Å². The molecule has 0 amide bonds. The summed E-state index contributed by atoms with van der Waals surface area (Å²) < 4.78 is 35.0. The van der Waals surface area contributed by atoms with E-state index in [-0.39, 0.29) is 25.2 Å². The zero-order valence-electron chi connectivity index (χ0n) is 27.6. The third-order valence-electron chi connectivity index (χ3n) is 8.09. The van der Waals surface area contributed by atoms with Gasteiger partial charge in [-0.25, -0.2) is 0 Å². The molecular formula is C32H51NO12. The molecule has 2 N–H and O–H groups in total. The molecule has 256 valence electrons. The number of aliphatic hydroxyl groups excluding tert-OH is 2. The van der Waals surface area contributed by atoms with Crippen LogP contribution in [-0.2, 0) is 47.6 Å². The number of cyclic esters (lactones) is 1. The number of esters is 3. The van der Waals surface area contributed by atoms with E-state index in [1.54, 1.807) is 51.1 Å². The summed E-state index contributed by atoms with van der Waals surface area (Å²) in [5, 5.41) is 22.1. The molecule has 0 aromatic carbocycles. The van der Waals surface area contributed by atoms with Crippen molar-refractivity contribution in [1.29, 1.82) is 0 Å². The maximum absolute atomic E-state index is 13.0. The number of ether oxygens (including phenoxy) is 6. The summed E-state index contributed by atoms with van der Waals surface area (Å²) in [6.07, 6.45) is -1.07. The van der Waals surface area contributed by atoms with Crippen LogP contribution >= 0.6 is 0 Å². The molecule has 1 fully saturated rings. The molecule has 2 heterocycles. The van der Waals surface area contributed by atoms with E-state index in [4.69, 9.17) is 28.4 Å². The monoisotopic (exact) mass is 641 g/mol. The van der Waals surface area contributed by atoms with Crippen LogP contribution in [-0.4, -0.2) is 122 Å². The number of hydrogen-bond donors (Lipinski definition) is 2. The Morgan fingerprint density at radius 1 is 1.04 bits per heavy atom. The van der Waals surface area contributed by atoms with E-state index >= 15 is 0 Å². The Labute approximate surface area is 265 Å². The molecule has 13 nitrogen and oxygen atoms in total. The van der Waals surface area contributed by atoms with Crippen molar-refractivity contribution in [2.75, 3.05) is 21.2 Å². The van der Waals surface area contributed by atoms with Gasteiger partial charge in [-0.2, -0.15) is 0 Å². The number of hydrogen-bond acceptors (Lipinski definition) is 13. The topological polar surface area (TPSA) is 167 Å². The van der Waals surface area contributed by atoms with Crippen molar-refractivity contribution in [3.8, 4) is 0 Å². The van der Waals surface area contributed by atoms with Crippen LogP contribution in [0.15, 0.2) is 24.3 Å². The number of carbonyl (C=O) groups excluding carboxylic acids is 4. The van der Waals surface area contributed by atoms with E-state index in [1.165, 1.54) is 21.0 Å². The largest absolute Gasteiger partial charge is 0.462 e. The molecule has 2 aliphatic heterocycles. The minimum absolute atomic E-state index is 0.0579. The fourth-order valence-electron chi connectivity index (χ4n) is 5.93. The van der Waals surface area contributed by atoms with Crippen molar-refractivity contribution in [3.05, 3.63) is 24.3 Å². The van der Waals surface area contributed by atoms with Gasteiger partial charge in [-0.05, 0) is 52.3 Å². The minimum Gasteiger partial charge on any atom is -0.462 e. The first-order valence-electron chi connectivity index (χ1n) is 15.4. The molecule has 0 radical (unpaired) electrons. The van der Waals surface area contributed by atoms with Gasteiger partial charge in [0.15, 0.2) is 6.29 Å². The first-order chi connectivity index (χ1) is 21.2. The fraction of sp³-hybridized carbons (Fsp3) is 0.750. The third kappa shape index (κ3) is 11.6. The van der Waals surface area contributed by atoms with E-state index in [0.29, 0.717) is 12.7 Å². The van der Waals surface area contributed by atoms with Crippen LogP contribution in [0.3, 0.4) is 0 Å². The van der Waals surface area contributed by atoms with Gasteiger partial charge in [-0.15, -0.1) is 0 Å². The summed E-state index contributed by atoms with van der Waals surface area (Å²) in [4.78, 5) is 51.1. The molecule has 0 aromatic heterocycles. The lowest BCUT2D eigenvalue weighted by Gasteiger charge is -2.47. The van der Waals surface area contributed by atoms with Crippen molar-refractivity contribution >= 4 is 24.2 Å². The third-order valence-corrected chi connectivity index (χ3v) is 8.09. The molecule has 0 spiro atoms. The van der Waals surface area contributed by atoms with Gasteiger partial charge < -0.3 is 48.3 Å². The zero-order chi connectivity index (χ0) is 33.8. The van der Waals surface area contributed by atoms with Gasteiger partial charge >= 0.3 is 17.9 Å². The van der Waals surface area contributed by atoms with E-state index in [2.05, 4.69) is 0 Å². The molecule has 13 heteroatoms. The molecule has 0 unspecified atom stereocenters. The lowest BCUT2D eigenvalue weighted by Crippen LogP contribution is -2.63. The molecule has 2 aliphatic rings. The van der Waals surface area contributed by atoms with Crippen LogP contribution in [0.25, 0.3) is 0 Å². The Kier molecular flexibility index (Phi) is 15.8. The molecule has 2 rings (SSSR count). The average Bonchev–Trinajstić information content (AvgIpc) is 2.93. The highest BCUT2D eigenvalue weighted by atomic mass is 16.7. The van der Waals surface area contributed by atoms with Gasteiger partial charge in [-0.1, -0.05) is 25.2 Å². The molecule has 1 saturated heterocycles. The predicted octanol–water partition coefficient (Wildman–Crippen LogP) is 1.72. The van der Waals surface area contributed by atoms with E-state index in [0.717, 1.165) is 0 Å². The van der Waals surface area contributed by atoms with E-state index < -0.39 is 85.0 Å². The fourth-order valence-corrected chi connectivity index (χ4v) is 5.93. The predicted molar refractivity (Wildman–Crippen MR) is 162 cm³/mol. The Bertz CT molecular complexity index is 1030. The number of allylic oxidation sites excluding steroid dienone is 2. The Morgan fingerprint density at radius 3 is 2.29 bits per heavy atom. The van der Waals surface area contributed by atoms with E-state index in [9.17, 15) is 29.4 Å². The van der Waals surface area contributed by atoms with Crippen molar-refractivity contribution in [2.24, 2.45) is 11.8 Å². The van der Waals surface area contributed by atoms with Crippen molar-refractivity contribution in [1.82, 2.24) is 4.90 Å². The molecule has 0 bridgehead atoms. The quantitative estimate of drug-likeness (QED) is 0.224. The molecule has 0 aliphatic carbocycles. The number of rotatable bonds is 8. The zero-order valence-corrected chi connectivity index (χ0v) is 27.6. The van der Waals surface area contributed by atoms with Crippen LogP contribution in [0, 0.1) is 11.8 Å². The number of aliphatic hydroxyl groups is 2. The smallest absolute Gasteiger partial charge is 0.309 e. The molecule has 0 aromatic rings. The Morgan fingerprint density at radius 2 is 1.71 bits per heavy atom. The van der Waals surface area contributed by atoms with Gasteiger partial charge in [0.1, 0.15) is 36.8 Å². The maximum atomic E-state index is 13.0. The number of aldehydes is 1. The summed E-state index contributed by atoms with van der Waals surface area (Å²) in [5.74, 6) is -2.82. The normalized spacial score (nSPS) is 38.5. The number of likely N-dealkylation sites (N-methyl/N-ethyl adjacent to an activating group) is 1. The standard InChI is InChI=1S/C32H51NO12/c1-18-16-23(14-15-34)30(45-32-29(39)27(33(6)7)28(38)20(3)42-32)31(40-8)25(44-22(5)36)17-26(37)41-19(2)12-10-9-11-13-24(18)43-21(4)35/h9-11,13,15,18-20,23-25,27-32,38-39H,12,14,16-17H2,1-8H3/b10-9+,13-11+/t18-,19-,20-,23+,24+,25-,27+,28-,29-,30+,31+,32+/m1/s1. The van der Waals surface area contributed by atoms with Gasteiger partial charge in [0.25, 0.3) is 0 Å². The van der Waals surface area contributed by atoms with Gasteiger partial charge in [0.05, 0.1) is 30.8 Å². The first-order valence-corrected chi connectivity index (χ1v) is 15.4. The second-order valence-electron chi connectivity index (χ2n) is 12.1. The lowest BCUT2D eigenvalue weighted by atomic mass is 9.82. The molecule has 45 heavy (non-hydrogen) atoms. The number of carbonyl (C=O) groups is 4. The van der Waals surface area contributed by atoms with Crippen LogP contribution in [0.2, 0.25) is 0 Å². The summed E-state index contributed by atoms with van der Waals surface area (Å²) >= 11 is 0.